The molecule has 1 saturated carbocycles. The van der Waals surface area contributed by atoms with E-state index in [0.717, 1.165) is 56.6 Å². The van der Waals surface area contributed by atoms with E-state index in [1.807, 2.05) is 18.2 Å². The average molecular weight is 447 g/mol. The van der Waals surface area contributed by atoms with Crippen LogP contribution < -0.4 is 10.1 Å². The Morgan fingerprint density at radius 2 is 2.12 bits per heavy atom. The highest BCUT2D eigenvalue weighted by Crippen LogP contribution is 2.49. The van der Waals surface area contributed by atoms with E-state index in [0.29, 0.717) is 5.92 Å². The number of nitrogens with zero attached hydrogens (tertiary/aromatic N) is 1. The molecule has 3 atom stereocenters. The van der Waals surface area contributed by atoms with Crippen LogP contribution in [-0.4, -0.2) is 48.7 Å². The van der Waals surface area contributed by atoms with Gasteiger partial charge in [0.15, 0.2) is 0 Å². The maximum atomic E-state index is 12.7. The summed E-state index contributed by atoms with van der Waals surface area (Å²) in [5.41, 5.74) is 2.15. The molecule has 2 N–H and O–H groups in total. The van der Waals surface area contributed by atoms with Gasteiger partial charge in [0.25, 0.3) is 0 Å². The Bertz CT molecular complexity index is 1020. The van der Waals surface area contributed by atoms with E-state index in [2.05, 4.69) is 35.0 Å². The highest BCUT2D eigenvalue weighted by molar-refractivity contribution is 5.92. The third kappa shape index (κ3) is 5.31. The number of amides is 1. The van der Waals surface area contributed by atoms with Crippen molar-refractivity contribution < 1.29 is 14.6 Å². The molecule has 5 nitrogen and oxygen atoms in total. The van der Waals surface area contributed by atoms with Gasteiger partial charge in [0.1, 0.15) is 11.5 Å². The Morgan fingerprint density at radius 3 is 2.91 bits per heavy atom. The van der Waals surface area contributed by atoms with Crippen LogP contribution in [-0.2, 0) is 10.2 Å². The van der Waals surface area contributed by atoms with Crippen molar-refractivity contribution in [2.45, 2.75) is 37.1 Å². The number of carbonyl (C=O) groups excluding carboxylic acids is 1. The maximum Gasteiger partial charge on any atom is 0.244 e. The van der Waals surface area contributed by atoms with E-state index in [9.17, 15) is 9.90 Å². The Hall–Kier alpha value is -3.05. The van der Waals surface area contributed by atoms with Gasteiger partial charge in [-0.15, -0.1) is 6.58 Å². The van der Waals surface area contributed by atoms with Gasteiger partial charge in [-0.25, -0.2) is 0 Å². The number of phenolic OH excluding ortho intramolecular Hbond substituents is 1. The monoisotopic (exact) mass is 446 g/mol. The first-order valence-corrected chi connectivity index (χ1v) is 11.8. The second-order valence-electron chi connectivity index (χ2n) is 9.30. The highest BCUT2D eigenvalue weighted by atomic mass is 16.5. The number of hydrogen-bond acceptors (Lipinski definition) is 4. The molecule has 1 saturated heterocycles. The third-order valence-electron chi connectivity index (χ3n) is 7.28. The number of phenols is 1. The number of piperidine rings is 1. The molecule has 0 aromatic heterocycles. The van der Waals surface area contributed by atoms with Crippen LogP contribution in [0.3, 0.4) is 0 Å². The number of aromatic hydroxyl groups is 1. The van der Waals surface area contributed by atoms with Crippen molar-refractivity contribution in [1.29, 1.82) is 0 Å². The predicted molar refractivity (Wildman–Crippen MR) is 132 cm³/mol. The summed E-state index contributed by atoms with van der Waals surface area (Å²) in [5.74, 6) is 1.52. The van der Waals surface area contributed by atoms with Crippen LogP contribution in [0.4, 0.5) is 0 Å². The van der Waals surface area contributed by atoms with Crippen molar-refractivity contribution in [1.82, 2.24) is 10.2 Å². The summed E-state index contributed by atoms with van der Waals surface area (Å²) in [5, 5.41) is 12.9. The molecule has 33 heavy (non-hydrogen) atoms. The molecular weight excluding hydrogens is 412 g/mol. The summed E-state index contributed by atoms with van der Waals surface area (Å²) in [6, 6.07) is 15.5. The first-order valence-electron chi connectivity index (χ1n) is 11.8. The lowest BCUT2D eigenvalue weighted by molar-refractivity contribution is -0.117. The summed E-state index contributed by atoms with van der Waals surface area (Å²) in [7, 11) is 1.71. The third-order valence-corrected chi connectivity index (χ3v) is 7.28. The molecule has 1 aliphatic carbocycles. The lowest BCUT2D eigenvalue weighted by Crippen LogP contribution is -2.56. The summed E-state index contributed by atoms with van der Waals surface area (Å²) >= 11 is 0. The summed E-state index contributed by atoms with van der Waals surface area (Å²) in [4.78, 5) is 15.2. The average Bonchev–Trinajstić information content (AvgIpc) is 2.83. The van der Waals surface area contributed by atoms with E-state index in [-0.39, 0.29) is 23.1 Å². The Morgan fingerprint density at radius 1 is 1.27 bits per heavy atom. The van der Waals surface area contributed by atoms with Gasteiger partial charge in [-0.05, 0) is 79.6 Å². The zero-order chi connectivity index (χ0) is 23.3. The van der Waals surface area contributed by atoms with Crippen LogP contribution in [0, 0.1) is 5.92 Å². The second kappa shape index (κ2) is 10.3. The smallest absolute Gasteiger partial charge is 0.244 e. The van der Waals surface area contributed by atoms with Crippen LogP contribution in [0.5, 0.6) is 11.5 Å². The fourth-order valence-electron chi connectivity index (χ4n) is 5.67. The number of ether oxygens (including phenoxy) is 1. The molecule has 2 aromatic carbocycles. The van der Waals surface area contributed by atoms with Crippen molar-refractivity contribution in [3.63, 3.8) is 0 Å². The first kappa shape index (κ1) is 23.1. The van der Waals surface area contributed by atoms with Crippen molar-refractivity contribution in [2.75, 3.05) is 26.7 Å². The lowest BCUT2D eigenvalue weighted by Gasteiger charge is -2.53. The molecule has 5 heteroatoms. The Kier molecular flexibility index (Phi) is 7.19. The number of carbonyl (C=O) groups is 1. The number of benzene rings is 2. The zero-order valence-corrected chi connectivity index (χ0v) is 19.4. The van der Waals surface area contributed by atoms with Crippen molar-refractivity contribution in [2.24, 2.45) is 5.92 Å². The van der Waals surface area contributed by atoms with E-state index >= 15 is 0 Å². The van der Waals surface area contributed by atoms with Crippen molar-refractivity contribution in [3.8, 4) is 11.5 Å². The minimum atomic E-state index is -0.0910. The molecule has 1 aliphatic heterocycles. The van der Waals surface area contributed by atoms with Gasteiger partial charge >= 0.3 is 0 Å². The number of nitrogens with one attached hydrogen (secondary N) is 1. The predicted octanol–water partition coefficient (Wildman–Crippen LogP) is 4.53. The largest absolute Gasteiger partial charge is 0.508 e. The molecule has 2 aromatic rings. The Balaban J connectivity index is 1.52. The summed E-state index contributed by atoms with van der Waals surface area (Å²) in [6.45, 7) is 6.92. The van der Waals surface area contributed by atoms with Gasteiger partial charge in [0, 0.05) is 30.6 Å². The van der Waals surface area contributed by atoms with Crippen LogP contribution in [0.25, 0.3) is 6.08 Å². The van der Waals surface area contributed by atoms with E-state index in [4.69, 9.17) is 4.74 Å². The molecule has 0 spiro atoms. The normalized spacial score (nSPS) is 25.4. The topological polar surface area (TPSA) is 61.8 Å². The second-order valence-corrected chi connectivity index (χ2v) is 9.30. The van der Waals surface area contributed by atoms with Crippen LogP contribution in [0.2, 0.25) is 0 Å². The molecule has 174 valence electrons. The van der Waals surface area contributed by atoms with Crippen LogP contribution in [0.1, 0.15) is 36.8 Å². The standard InChI is InChI=1S/C28H34N2O3/c1-3-15-30-16-14-28(22-7-5-9-26(18-22)33-2)19-24(12-11-23(28)20-30)29-27(32)13-10-21-6-4-8-25(31)17-21/h3-10,13,17-18,23-24,31H,1,11-12,14-16,19-20H2,2H3,(H,29,32)/t23-,24+,28+/m1/s1. The zero-order valence-electron chi connectivity index (χ0n) is 19.4. The van der Waals surface area contributed by atoms with Crippen LogP contribution >= 0.6 is 0 Å². The van der Waals surface area contributed by atoms with Gasteiger partial charge in [0.2, 0.25) is 5.91 Å². The van der Waals surface area contributed by atoms with Gasteiger partial charge in [-0.2, -0.15) is 0 Å². The number of methoxy groups -OCH3 is 1. The molecular formula is C28H34N2O3. The number of rotatable bonds is 7. The maximum absolute atomic E-state index is 12.7. The Labute approximate surface area is 196 Å². The summed E-state index contributed by atoms with van der Waals surface area (Å²) < 4.78 is 5.54. The minimum absolute atomic E-state index is 0.0251. The van der Waals surface area contributed by atoms with Gasteiger partial charge in [-0.3, -0.25) is 9.69 Å². The van der Waals surface area contributed by atoms with Crippen molar-refractivity contribution in [3.05, 3.63) is 78.4 Å². The first-order chi connectivity index (χ1) is 16.0. The summed E-state index contributed by atoms with van der Waals surface area (Å²) in [6.07, 6.45) is 9.33. The number of likely N-dealkylation sites (tertiary alicyclic amines) is 1. The quantitative estimate of drug-likeness (QED) is 0.485. The van der Waals surface area contributed by atoms with E-state index < -0.39 is 0 Å². The van der Waals surface area contributed by atoms with E-state index in [1.54, 1.807) is 37.5 Å². The fraction of sp³-hybridized carbons (Fsp3) is 0.393. The molecule has 0 unspecified atom stereocenters. The minimum Gasteiger partial charge on any atom is -0.508 e. The highest BCUT2D eigenvalue weighted by Gasteiger charge is 2.48. The molecule has 4 rings (SSSR count). The fourth-order valence-corrected chi connectivity index (χ4v) is 5.67. The molecule has 0 radical (unpaired) electrons. The SMILES string of the molecule is C=CCN1CC[C@@]2(c3cccc(OC)c3)C[C@@H](NC(=O)C=Cc3cccc(O)c3)CC[C@@H]2C1. The molecule has 1 heterocycles. The van der Waals surface area contributed by atoms with Gasteiger partial charge < -0.3 is 15.2 Å². The van der Waals surface area contributed by atoms with Gasteiger partial charge in [-0.1, -0.05) is 30.3 Å². The lowest BCUT2D eigenvalue weighted by atomic mass is 9.58. The van der Waals surface area contributed by atoms with Gasteiger partial charge in [0.05, 0.1) is 7.11 Å². The molecule has 2 aliphatic rings. The molecule has 2 fully saturated rings. The number of hydrogen-bond donors (Lipinski definition) is 2. The van der Waals surface area contributed by atoms with E-state index in [1.165, 1.54) is 5.56 Å². The van der Waals surface area contributed by atoms with Crippen LogP contribution in [0.15, 0.2) is 67.3 Å². The molecule has 1 amide bonds. The number of fused-ring (bicyclic) bond motifs is 1. The molecule has 0 bridgehead atoms. The van der Waals surface area contributed by atoms with Crippen molar-refractivity contribution >= 4 is 12.0 Å².